The Morgan fingerprint density at radius 3 is 1.31 bits per heavy atom. The number of carbonyl (C=O) groups is 2. The molecule has 0 aliphatic carbocycles. The van der Waals surface area contributed by atoms with Crippen molar-refractivity contribution in [1.29, 1.82) is 0 Å². The largest absolute Gasteiger partial charge is 0.548 e. The van der Waals surface area contributed by atoms with Gasteiger partial charge in [0.2, 0.25) is 0 Å². The van der Waals surface area contributed by atoms with Gasteiger partial charge in [-0.25, -0.2) is 0 Å². The smallest absolute Gasteiger partial charge is 0.305 e. The van der Waals surface area contributed by atoms with E-state index in [1.165, 1.54) is 51.4 Å². The van der Waals surface area contributed by atoms with E-state index in [9.17, 15) is 14.7 Å². The molecule has 0 aliphatic heterocycles. The van der Waals surface area contributed by atoms with E-state index in [1.54, 1.807) is 24.6 Å². The predicted octanol–water partition coefficient (Wildman–Crippen LogP) is 3.74. The Hall–Kier alpha value is -0.670. The highest BCUT2D eigenvalue weighted by atomic mass is 31.2. The molecule has 0 heterocycles. The molecule has 0 bridgehead atoms. The van der Waals surface area contributed by atoms with E-state index in [0.717, 1.165) is 0 Å². The number of unbranched alkanes of at least 4 members (excludes halogenated alkanes) is 4. The number of carboxylic acids is 2. The predicted molar refractivity (Wildman–Crippen MR) is 111 cm³/mol. The van der Waals surface area contributed by atoms with Crippen molar-refractivity contribution in [1.82, 2.24) is 0 Å². The summed E-state index contributed by atoms with van der Waals surface area (Å²) in [4.78, 5) is 19.5. The highest BCUT2D eigenvalue weighted by molar-refractivity contribution is 7.75. The van der Waals surface area contributed by atoms with E-state index < -0.39 is 31.7 Å². The van der Waals surface area contributed by atoms with Crippen molar-refractivity contribution in [2.45, 2.75) is 91.5 Å². The molecule has 0 aromatic rings. The summed E-state index contributed by atoms with van der Waals surface area (Å²) in [5.41, 5.74) is 4.77. The van der Waals surface area contributed by atoms with Gasteiger partial charge in [0.25, 0.3) is 0 Å². The van der Waals surface area contributed by atoms with Crippen molar-refractivity contribution < 1.29 is 19.8 Å². The summed E-state index contributed by atoms with van der Waals surface area (Å²) in [7, 11) is -0.562. The van der Waals surface area contributed by atoms with Crippen molar-refractivity contribution in [3.05, 3.63) is 0 Å². The molecule has 0 saturated carbocycles. The van der Waals surface area contributed by atoms with Crippen LogP contribution in [0.15, 0.2) is 0 Å². The normalized spacial score (nSPS) is 12.2. The third kappa shape index (κ3) is 15.6. The molecule has 5 nitrogen and oxygen atoms in total. The number of rotatable bonds is 15. The van der Waals surface area contributed by atoms with Crippen molar-refractivity contribution >= 4 is 19.2 Å². The summed E-state index contributed by atoms with van der Waals surface area (Å²) in [6.45, 7) is 9.42. The lowest BCUT2D eigenvalue weighted by Crippen LogP contribution is -2.43. The summed E-state index contributed by atoms with van der Waals surface area (Å²) in [5, 5.41) is 17.7. The summed E-state index contributed by atoms with van der Waals surface area (Å²) >= 11 is 0. The van der Waals surface area contributed by atoms with E-state index in [-0.39, 0.29) is 0 Å². The average Bonchev–Trinajstić information content (AvgIpc) is 2.60. The molecule has 0 spiro atoms. The van der Waals surface area contributed by atoms with Gasteiger partial charge in [0, 0.05) is 7.26 Å². The fraction of sp³-hybridized carbons (Fsp3) is 0.900. The van der Waals surface area contributed by atoms with Crippen molar-refractivity contribution in [2.75, 3.05) is 24.6 Å². The van der Waals surface area contributed by atoms with Crippen molar-refractivity contribution in [2.24, 2.45) is 5.73 Å². The number of hydrogen-bond acceptors (Lipinski definition) is 4. The van der Waals surface area contributed by atoms with Gasteiger partial charge >= 0.3 is 5.97 Å². The average molecular weight is 392 g/mol. The number of carbonyl (C=O) groups excluding carboxylic acids is 1. The zero-order chi connectivity index (χ0) is 20.4. The highest BCUT2D eigenvalue weighted by Crippen LogP contribution is 2.61. The van der Waals surface area contributed by atoms with Crippen LogP contribution in [0.2, 0.25) is 0 Å². The quantitative estimate of drug-likeness (QED) is 0.414. The Labute approximate surface area is 161 Å². The molecule has 0 aromatic heterocycles. The van der Waals surface area contributed by atoms with Gasteiger partial charge in [0.15, 0.2) is 0 Å². The van der Waals surface area contributed by atoms with Gasteiger partial charge in [-0.3, -0.25) is 4.79 Å². The van der Waals surface area contributed by atoms with Crippen LogP contribution in [0.5, 0.6) is 0 Å². The first-order valence-corrected chi connectivity index (χ1v) is 12.8. The molecule has 156 valence electrons. The number of nitrogens with two attached hydrogens (primary N) is 1. The molecule has 0 unspecified atom stereocenters. The molecule has 6 heteroatoms. The molecule has 0 aliphatic rings. The van der Waals surface area contributed by atoms with E-state index in [4.69, 9.17) is 10.8 Å². The molecule has 0 amide bonds. The van der Waals surface area contributed by atoms with Gasteiger partial charge in [-0.05, 0) is 25.7 Å². The first-order chi connectivity index (χ1) is 12.3. The minimum absolute atomic E-state index is 0.562. The molecule has 3 N–H and O–H groups in total. The molecule has 0 saturated heterocycles. The Kier molecular flexibility index (Phi) is 18.8. The zero-order valence-corrected chi connectivity index (χ0v) is 18.4. The molecule has 0 aromatic carbocycles. The van der Waals surface area contributed by atoms with E-state index in [1.807, 2.05) is 0 Å². The van der Waals surface area contributed by atoms with Crippen molar-refractivity contribution in [3.63, 3.8) is 0 Å². The fourth-order valence-corrected chi connectivity index (χ4v) is 8.21. The molecule has 1 atom stereocenters. The minimum Gasteiger partial charge on any atom is -0.548 e. The summed E-state index contributed by atoms with van der Waals surface area (Å²) in [5.74, 6) is -2.79. The van der Waals surface area contributed by atoms with Gasteiger partial charge in [-0.2, -0.15) is 0 Å². The Bertz CT molecular complexity index is 326. The van der Waals surface area contributed by atoms with Gasteiger partial charge in [-0.1, -0.05) is 53.4 Å². The van der Waals surface area contributed by atoms with Crippen LogP contribution < -0.4 is 10.8 Å². The lowest BCUT2D eigenvalue weighted by molar-refractivity contribution is -0.307. The molecule has 26 heavy (non-hydrogen) atoms. The third-order valence-corrected chi connectivity index (χ3v) is 9.70. The van der Waals surface area contributed by atoms with E-state index in [2.05, 4.69) is 27.7 Å². The Morgan fingerprint density at radius 1 is 0.846 bits per heavy atom. The standard InChI is InChI=1S/C16H36P.C4H7NO4/c1-5-9-13-17(14-10-6-2,15-11-7-3)16-12-8-4;5-2(4(8)9)1-3(6)7/h5-16H2,1-4H3;2H,1,5H2,(H,6,7)(H,8,9)/q+1;/p-1/t;2-/m.0/s1. The summed E-state index contributed by atoms with van der Waals surface area (Å²) in [6, 6.07) is -1.40. The van der Waals surface area contributed by atoms with Gasteiger partial charge in [0.1, 0.15) is 0 Å². The summed E-state index contributed by atoms with van der Waals surface area (Å²) < 4.78 is 0. The van der Waals surface area contributed by atoms with Crippen LogP contribution in [-0.2, 0) is 9.59 Å². The molecular weight excluding hydrogens is 349 g/mol. The van der Waals surface area contributed by atoms with E-state index in [0.29, 0.717) is 0 Å². The second kappa shape index (κ2) is 17.7. The second-order valence-electron chi connectivity index (χ2n) is 7.17. The van der Waals surface area contributed by atoms with Crippen LogP contribution in [-0.4, -0.2) is 47.7 Å². The molecular formula is C20H42NO4P. The first kappa shape index (κ1) is 27.5. The molecule has 0 radical (unpaired) electrons. The van der Waals surface area contributed by atoms with Crippen LogP contribution in [0.3, 0.4) is 0 Å². The monoisotopic (exact) mass is 391 g/mol. The van der Waals surface area contributed by atoms with Crippen LogP contribution >= 0.6 is 7.26 Å². The third-order valence-electron chi connectivity index (χ3n) is 4.64. The van der Waals surface area contributed by atoms with Crippen LogP contribution in [0.25, 0.3) is 0 Å². The number of aliphatic carboxylic acids is 2. The topological polar surface area (TPSA) is 103 Å². The van der Waals surface area contributed by atoms with Crippen LogP contribution in [0, 0.1) is 0 Å². The Morgan fingerprint density at radius 2 is 1.15 bits per heavy atom. The van der Waals surface area contributed by atoms with E-state index >= 15 is 0 Å². The zero-order valence-electron chi connectivity index (χ0n) is 17.5. The maximum absolute atomic E-state index is 9.74. The maximum Gasteiger partial charge on any atom is 0.305 e. The second-order valence-corrected chi connectivity index (χ2v) is 11.6. The van der Waals surface area contributed by atoms with Gasteiger partial charge in [0.05, 0.1) is 43.1 Å². The Balaban J connectivity index is 0. The maximum atomic E-state index is 9.74. The number of hydrogen-bond donors (Lipinski definition) is 2. The van der Waals surface area contributed by atoms with Gasteiger partial charge in [-0.15, -0.1) is 0 Å². The van der Waals surface area contributed by atoms with Gasteiger partial charge < -0.3 is 20.7 Å². The van der Waals surface area contributed by atoms with Crippen LogP contribution in [0.4, 0.5) is 0 Å². The lowest BCUT2D eigenvalue weighted by Gasteiger charge is -2.28. The molecule has 0 fully saturated rings. The van der Waals surface area contributed by atoms with Crippen LogP contribution in [0.1, 0.15) is 85.5 Å². The van der Waals surface area contributed by atoms with Crippen molar-refractivity contribution in [3.8, 4) is 0 Å². The molecule has 0 rings (SSSR count). The minimum atomic E-state index is -1.54. The number of carboxylic acid groups (broad SMARTS) is 2. The first-order valence-electron chi connectivity index (χ1n) is 10.3. The fourth-order valence-electron chi connectivity index (χ4n) is 2.92. The summed E-state index contributed by atoms with van der Waals surface area (Å²) in [6.07, 6.45) is 17.4. The highest BCUT2D eigenvalue weighted by Gasteiger charge is 2.34. The SMILES string of the molecule is CCCC[P+](CCCC)(CCCC)CCCC.N[C@@H](CC(=O)O)C(=O)[O-]. The lowest BCUT2D eigenvalue weighted by atomic mass is 10.2.